The molecule has 1 saturated heterocycles. The lowest BCUT2D eigenvalue weighted by molar-refractivity contribution is -0.157. The first-order chi connectivity index (χ1) is 4.75. The van der Waals surface area contributed by atoms with Crippen LogP contribution in [0.25, 0.3) is 0 Å². The second-order valence-electron chi connectivity index (χ2n) is 2.51. The van der Waals surface area contributed by atoms with E-state index in [4.69, 9.17) is 0 Å². The molecule has 5 heteroatoms. The van der Waals surface area contributed by atoms with Gasteiger partial charge in [0, 0.05) is 13.1 Å². The third-order valence-electron chi connectivity index (χ3n) is 1.80. The zero-order valence-corrected chi connectivity index (χ0v) is 7.04. The van der Waals surface area contributed by atoms with Crippen LogP contribution in [0, 0.1) is 5.41 Å². The van der Waals surface area contributed by atoms with Gasteiger partial charge in [-0.25, -0.2) is 4.39 Å². The Kier molecular flexibility index (Phi) is 3.75. The molecule has 3 nitrogen and oxygen atoms in total. The van der Waals surface area contributed by atoms with E-state index in [0.717, 1.165) is 0 Å². The van der Waals surface area contributed by atoms with Crippen molar-refractivity contribution in [3.63, 3.8) is 0 Å². The zero-order valence-electron chi connectivity index (χ0n) is 6.22. The van der Waals surface area contributed by atoms with Gasteiger partial charge < -0.3 is 10.1 Å². The second kappa shape index (κ2) is 3.88. The summed E-state index contributed by atoms with van der Waals surface area (Å²) in [4.78, 5) is 10.8. The van der Waals surface area contributed by atoms with Gasteiger partial charge in [-0.2, -0.15) is 0 Å². The van der Waals surface area contributed by atoms with E-state index < -0.39 is 18.1 Å². The molecule has 0 spiro atoms. The molecule has 0 radical (unpaired) electrons. The van der Waals surface area contributed by atoms with Gasteiger partial charge in [0.15, 0.2) is 0 Å². The van der Waals surface area contributed by atoms with Gasteiger partial charge >= 0.3 is 5.97 Å². The van der Waals surface area contributed by atoms with Crippen LogP contribution in [0.15, 0.2) is 0 Å². The van der Waals surface area contributed by atoms with Gasteiger partial charge in [0.05, 0.1) is 7.11 Å². The Hall–Kier alpha value is -0.350. The van der Waals surface area contributed by atoms with Crippen molar-refractivity contribution in [1.29, 1.82) is 0 Å². The molecule has 11 heavy (non-hydrogen) atoms. The third kappa shape index (κ3) is 1.62. The summed E-state index contributed by atoms with van der Waals surface area (Å²) in [6.45, 7) is 0.166. The molecule has 0 amide bonds. The summed E-state index contributed by atoms with van der Waals surface area (Å²) in [5.41, 5.74) is -0.866. The number of hydrogen-bond acceptors (Lipinski definition) is 3. The number of rotatable bonds is 2. The van der Waals surface area contributed by atoms with E-state index in [0.29, 0.717) is 13.1 Å². The Morgan fingerprint density at radius 3 is 2.36 bits per heavy atom. The number of carbonyl (C=O) groups is 1. The maximum Gasteiger partial charge on any atom is 0.317 e. The first kappa shape index (κ1) is 10.7. The number of methoxy groups -OCH3 is 1. The first-order valence-corrected chi connectivity index (χ1v) is 3.10. The van der Waals surface area contributed by atoms with E-state index in [-0.39, 0.29) is 12.4 Å². The number of esters is 1. The van der Waals surface area contributed by atoms with E-state index in [1.165, 1.54) is 7.11 Å². The highest BCUT2D eigenvalue weighted by Crippen LogP contribution is 2.24. The maximum absolute atomic E-state index is 12.2. The number of ether oxygens (including phenoxy) is 1. The summed E-state index contributed by atoms with van der Waals surface area (Å²) < 4.78 is 16.6. The minimum atomic E-state index is -0.866. The summed E-state index contributed by atoms with van der Waals surface area (Å²) >= 11 is 0. The fraction of sp³-hybridized carbons (Fsp3) is 0.833. The van der Waals surface area contributed by atoms with Crippen LogP contribution in [0.4, 0.5) is 4.39 Å². The summed E-state index contributed by atoms with van der Waals surface area (Å²) in [6, 6.07) is 0. The molecule has 1 heterocycles. The average molecular weight is 184 g/mol. The fourth-order valence-corrected chi connectivity index (χ4v) is 0.937. The van der Waals surface area contributed by atoms with Crippen molar-refractivity contribution < 1.29 is 13.9 Å². The zero-order chi connectivity index (χ0) is 7.61. The first-order valence-electron chi connectivity index (χ1n) is 3.10. The number of nitrogens with one attached hydrogen (secondary N) is 1. The van der Waals surface area contributed by atoms with Gasteiger partial charge in [0.2, 0.25) is 0 Å². The summed E-state index contributed by atoms with van der Waals surface area (Å²) in [7, 11) is 1.28. The molecule has 0 atom stereocenters. The predicted octanol–water partition coefficient (Wildman–Crippen LogP) is 0.140. The molecule has 0 aromatic heterocycles. The van der Waals surface area contributed by atoms with Crippen molar-refractivity contribution in [2.45, 2.75) is 0 Å². The molecule has 0 aliphatic carbocycles. The maximum atomic E-state index is 12.2. The number of hydrogen-bond donors (Lipinski definition) is 1. The van der Waals surface area contributed by atoms with Crippen LogP contribution in [-0.2, 0) is 9.53 Å². The minimum Gasteiger partial charge on any atom is -0.468 e. The standard InChI is InChI=1S/C6H10FNO2.ClH/c1-10-5(9)6(2-7)3-8-4-6;/h8H,2-4H2,1H3;1H. The normalized spacial score (nSPS) is 19.5. The molecule has 1 aliphatic heterocycles. The second-order valence-corrected chi connectivity index (χ2v) is 2.51. The van der Waals surface area contributed by atoms with Gasteiger partial charge in [-0.05, 0) is 0 Å². The molecule has 0 unspecified atom stereocenters. The Labute approximate surface area is 70.7 Å². The van der Waals surface area contributed by atoms with Gasteiger partial charge in [-0.1, -0.05) is 0 Å². The lowest BCUT2D eigenvalue weighted by Gasteiger charge is -2.36. The molecular formula is C6H11ClFNO2. The summed E-state index contributed by atoms with van der Waals surface area (Å²) in [5, 5.41) is 2.83. The van der Waals surface area contributed by atoms with E-state index in [1.54, 1.807) is 0 Å². The van der Waals surface area contributed by atoms with Crippen LogP contribution in [0.3, 0.4) is 0 Å². The molecule has 1 fully saturated rings. The van der Waals surface area contributed by atoms with Crippen LogP contribution in [0.5, 0.6) is 0 Å². The Balaban J connectivity index is 0.000001000. The molecule has 0 saturated carbocycles. The monoisotopic (exact) mass is 183 g/mol. The van der Waals surface area contributed by atoms with E-state index in [1.807, 2.05) is 0 Å². The third-order valence-corrected chi connectivity index (χ3v) is 1.80. The van der Waals surface area contributed by atoms with Gasteiger partial charge in [-0.3, -0.25) is 4.79 Å². The average Bonchev–Trinajstić information content (AvgIpc) is 1.86. The minimum absolute atomic E-state index is 0. The lowest BCUT2D eigenvalue weighted by atomic mass is 9.83. The molecule has 0 aromatic rings. The van der Waals surface area contributed by atoms with Crippen LogP contribution < -0.4 is 5.32 Å². The molecular weight excluding hydrogens is 173 g/mol. The van der Waals surface area contributed by atoms with Crippen molar-refractivity contribution in [3.8, 4) is 0 Å². The predicted molar refractivity (Wildman–Crippen MR) is 40.5 cm³/mol. The molecule has 1 aliphatic rings. The Bertz CT molecular complexity index is 144. The van der Waals surface area contributed by atoms with Crippen molar-refractivity contribution in [2.75, 3.05) is 26.9 Å². The van der Waals surface area contributed by atoms with E-state index in [2.05, 4.69) is 10.1 Å². The van der Waals surface area contributed by atoms with Crippen molar-refractivity contribution in [2.24, 2.45) is 5.41 Å². The SMILES string of the molecule is COC(=O)C1(CF)CNC1.Cl. The number of halogens is 2. The highest BCUT2D eigenvalue weighted by Gasteiger charge is 2.45. The molecule has 0 aromatic carbocycles. The molecule has 1 N–H and O–H groups in total. The number of carbonyl (C=O) groups excluding carboxylic acids is 1. The quantitative estimate of drug-likeness (QED) is 0.619. The van der Waals surface area contributed by atoms with Gasteiger partial charge in [0.1, 0.15) is 12.1 Å². The van der Waals surface area contributed by atoms with Crippen LogP contribution in [0.2, 0.25) is 0 Å². The van der Waals surface area contributed by atoms with E-state index in [9.17, 15) is 9.18 Å². The smallest absolute Gasteiger partial charge is 0.317 e. The number of alkyl halides is 1. The Morgan fingerprint density at radius 2 is 2.27 bits per heavy atom. The van der Waals surface area contributed by atoms with Crippen LogP contribution in [-0.4, -0.2) is 32.8 Å². The highest BCUT2D eigenvalue weighted by atomic mass is 35.5. The summed E-state index contributed by atoms with van der Waals surface area (Å²) in [6.07, 6.45) is 0. The van der Waals surface area contributed by atoms with Crippen LogP contribution >= 0.6 is 12.4 Å². The van der Waals surface area contributed by atoms with Crippen molar-refractivity contribution >= 4 is 18.4 Å². The highest BCUT2D eigenvalue weighted by molar-refractivity contribution is 5.85. The lowest BCUT2D eigenvalue weighted by Crippen LogP contribution is -2.59. The molecule has 1 rings (SSSR count). The largest absolute Gasteiger partial charge is 0.468 e. The molecule has 0 bridgehead atoms. The fourth-order valence-electron chi connectivity index (χ4n) is 0.937. The van der Waals surface area contributed by atoms with E-state index >= 15 is 0 Å². The van der Waals surface area contributed by atoms with Gasteiger partial charge in [-0.15, -0.1) is 12.4 Å². The van der Waals surface area contributed by atoms with Crippen molar-refractivity contribution in [3.05, 3.63) is 0 Å². The Morgan fingerprint density at radius 1 is 1.73 bits per heavy atom. The molecule has 66 valence electrons. The van der Waals surface area contributed by atoms with Gasteiger partial charge in [0.25, 0.3) is 0 Å². The van der Waals surface area contributed by atoms with Crippen LogP contribution in [0.1, 0.15) is 0 Å². The topological polar surface area (TPSA) is 38.3 Å². The van der Waals surface area contributed by atoms with Crippen molar-refractivity contribution in [1.82, 2.24) is 5.32 Å². The summed E-state index contributed by atoms with van der Waals surface area (Å²) in [5.74, 6) is -0.450.